The highest BCUT2D eigenvalue weighted by molar-refractivity contribution is 5.80. The number of rotatable bonds is 2. The maximum Gasteiger partial charge on any atom is 0.133 e. The van der Waals surface area contributed by atoms with E-state index in [1.807, 2.05) is 0 Å². The van der Waals surface area contributed by atoms with Crippen molar-refractivity contribution in [2.45, 2.75) is 50.9 Å². The molecule has 0 aromatic heterocycles. The molecule has 1 aromatic rings. The summed E-state index contributed by atoms with van der Waals surface area (Å²) in [5, 5.41) is 9.50. The molecule has 0 radical (unpaired) electrons. The molecule has 18 heavy (non-hydrogen) atoms. The van der Waals surface area contributed by atoms with Crippen molar-refractivity contribution in [1.82, 2.24) is 0 Å². The van der Waals surface area contributed by atoms with Crippen molar-refractivity contribution in [3.05, 3.63) is 35.4 Å². The van der Waals surface area contributed by atoms with E-state index in [1.165, 1.54) is 5.56 Å². The van der Waals surface area contributed by atoms with Gasteiger partial charge in [0.15, 0.2) is 0 Å². The number of nitriles is 1. The number of benzene rings is 1. The fourth-order valence-electron chi connectivity index (χ4n) is 2.61. The summed E-state index contributed by atoms with van der Waals surface area (Å²) in [5.41, 5.74) is 1.92. The van der Waals surface area contributed by atoms with Crippen LogP contribution < -0.4 is 0 Å². The Morgan fingerprint density at radius 3 is 2.17 bits per heavy atom. The third kappa shape index (κ3) is 2.31. The normalized spacial score (nSPS) is 18.7. The van der Waals surface area contributed by atoms with Crippen molar-refractivity contribution in [2.24, 2.45) is 0 Å². The standard InChI is InChI=1S/C16H19NO/c1-12(2)13-3-5-14(6-4-13)16(11-17)9-7-15(18)8-10-16/h3-6,12H,7-10H2,1-2H3. The van der Waals surface area contributed by atoms with Crippen LogP contribution in [-0.2, 0) is 10.2 Å². The van der Waals surface area contributed by atoms with E-state index in [1.54, 1.807) is 0 Å². The summed E-state index contributed by atoms with van der Waals surface area (Å²) < 4.78 is 0. The van der Waals surface area contributed by atoms with Crippen molar-refractivity contribution in [3.63, 3.8) is 0 Å². The molecule has 0 amide bonds. The number of hydrogen-bond acceptors (Lipinski definition) is 2. The zero-order valence-corrected chi connectivity index (χ0v) is 11.1. The molecule has 1 fully saturated rings. The highest BCUT2D eigenvalue weighted by Gasteiger charge is 2.36. The second-order valence-electron chi connectivity index (χ2n) is 5.51. The third-order valence-corrected chi connectivity index (χ3v) is 4.01. The van der Waals surface area contributed by atoms with Crippen molar-refractivity contribution < 1.29 is 4.79 Å². The number of Topliss-reactive ketones (excluding diaryl/α,β-unsaturated/α-hetero) is 1. The Bertz CT molecular complexity index is 469. The van der Waals surface area contributed by atoms with E-state index >= 15 is 0 Å². The molecule has 2 heteroatoms. The Kier molecular flexibility index (Phi) is 3.52. The summed E-state index contributed by atoms with van der Waals surface area (Å²) in [5.74, 6) is 0.796. The van der Waals surface area contributed by atoms with E-state index in [0.717, 1.165) is 5.56 Å². The average molecular weight is 241 g/mol. The molecule has 94 valence electrons. The molecular formula is C16H19NO. The van der Waals surface area contributed by atoms with Crippen LogP contribution in [-0.4, -0.2) is 5.78 Å². The number of nitrogens with zero attached hydrogens (tertiary/aromatic N) is 1. The highest BCUT2D eigenvalue weighted by Crippen LogP contribution is 2.38. The fourth-order valence-corrected chi connectivity index (χ4v) is 2.61. The van der Waals surface area contributed by atoms with Gasteiger partial charge in [0.1, 0.15) is 5.78 Å². The number of carbonyl (C=O) groups excluding carboxylic acids is 1. The van der Waals surface area contributed by atoms with E-state index in [0.29, 0.717) is 37.4 Å². The van der Waals surface area contributed by atoms with Gasteiger partial charge in [-0.15, -0.1) is 0 Å². The van der Waals surface area contributed by atoms with E-state index in [9.17, 15) is 10.1 Å². The maximum absolute atomic E-state index is 11.3. The lowest BCUT2D eigenvalue weighted by atomic mass is 9.70. The molecule has 2 rings (SSSR count). The molecule has 0 atom stereocenters. The third-order valence-electron chi connectivity index (χ3n) is 4.01. The molecule has 0 heterocycles. The minimum Gasteiger partial charge on any atom is -0.300 e. The van der Waals surface area contributed by atoms with Crippen LogP contribution in [0.25, 0.3) is 0 Å². The summed E-state index contributed by atoms with van der Waals surface area (Å²) in [7, 11) is 0. The molecule has 0 unspecified atom stereocenters. The Morgan fingerprint density at radius 2 is 1.72 bits per heavy atom. The SMILES string of the molecule is CC(C)c1ccc(C2(C#N)CCC(=O)CC2)cc1. The molecule has 0 saturated heterocycles. The largest absolute Gasteiger partial charge is 0.300 e. The Balaban J connectivity index is 2.28. The number of carbonyl (C=O) groups is 1. The lowest BCUT2D eigenvalue weighted by molar-refractivity contribution is -0.120. The van der Waals surface area contributed by atoms with Crippen molar-refractivity contribution in [3.8, 4) is 6.07 Å². The summed E-state index contributed by atoms with van der Waals surface area (Å²) >= 11 is 0. The zero-order valence-electron chi connectivity index (χ0n) is 11.1. The zero-order chi connectivity index (χ0) is 13.2. The Labute approximate surface area is 109 Å². The minimum atomic E-state index is -0.441. The first kappa shape index (κ1) is 12.8. The molecule has 1 aliphatic carbocycles. The van der Waals surface area contributed by atoms with Gasteiger partial charge in [-0.2, -0.15) is 5.26 Å². The topological polar surface area (TPSA) is 40.9 Å². The van der Waals surface area contributed by atoms with E-state index in [2.05, 4.69) is 44.2 Å². The van der Waals surface area contributed by atoms with Crippen LogP contribution in [0.1, 0.15) is 56.6 Å². The van der Waals surface area contributed by atoms with Gasteiger partial charge >= 0.3 is 0 Å². The van der Waals surface area contributed by atoms with Crippen LogP contribution in [0, 0.1) is 11.3 Å². The van der Waals surface area contributed by atoms with Crippen LogP contribution in [0.5, 0.6) is 0 Å². The second kappa shape index (κ2) is 4.94. The molecular weight excluding hydrogens is 222 g/mol. The predicted octanol–water partition coefficient (Wildman–Crippen LogP) is 3.71. The average Bonchev–Trinajstić information content (AvgIpc) is 2.40. The molecule has 0 aliphatic heterocycles. The van der Waals surface area contributed by atoms with Crippen LogP contribution >= 0.6 is 0 Å². The minimum absolute atomic E-state index is 0.291. The van der Waals surface area contributed by atoms with Gasteiger partial charge in [-0.25, -0.2) is 0 Å². The molecule has 0 bridgehead atoms. The van der Waals surface area contributed by atoms with Crippen LogP contribution in [0.15, 0.2) is 24.3 Å². The lowest BCUT2D eigenvalue weighted by Crippen LogP contribution is -2.30. The first-order chi connectivity index (χ1) is 8.57. The molecule has 0 N–H and O–H groups in total. The Hall–Kier alpha value is -1.62. The second-order valence-corrected chi connectivity index (χ2v) is 5.51. The van der Waals surface area contributed by atoms with Gasteiger partial charge in [0.05, 0.1) is 11.5 Å². The molecule has 1 aliphatic rings. The lowest BCUT2D eigenvalue weighted by Gasteiger charge is -2.30. The van der Waals surface area contributed by atoms with Gasteiger partial charge < -0.3 is 0 Å². The van der Waals surface area contributed by atoms with Gasteiger partial charge in [0.2, 0.25) is 0 Å². The van der Waals surface area contributed by atoms with Crippen molar-refractivity contribution in [1.29, 1.82) is 5.26 Å². The van der Waals surface area contributed by atoms with Gasteiger partial charge in [0.25, 0.3) is 0 Å². The monoisotopic (exact) mass is 241 g/mol. The molecule has 0 spiro atoms. The molecule has 1 saturated carbocycles. The van der Waals surface area contributed by atoms with Gasteiger partial charge in [-0.1, -0.05) is 38.1 Å². The summed E-state index contributed by atoms with van der Waals surface area (Å²) in [6.07, 6.45) is 2.42. The van der Waals surface area contributed by atoms with Gasteiger partial charge in [0, 0.05) is 12.8 Å². The molecule has 1 aromatic carbocycles. The van der Waals surface area contributed by atoms with E-state index < -0.39 is 5.41 Å². The maximum atomic E-state index is 11.3. The van der Waals surface area contributed by atoms with Crippen LogP contribution in [0.2, 0.25) is 0 Å². The fraction of sp³-hybridized carbons (Fsp3) is 0.500. The quantitative estimate of drug-likeness (QED) is 0.791. The first-order valence-electron chi connectivity index (χ1n) is 6.61. The van der Waals surface area contributed by atoms with E-state index in [-0.39, 0.29) is 0 Å². The van der Waals surface area contributed by atoms with Gasteiger partial charge in [-0.05, 0) is 29.9 Å². The first-order valence-corrected chi connectivity index (χ1v) is 6.61. The highest BCUT2D eigenvalue weighted by atomic mass is 16.1. The van der Waals surface area contributed by atoms with Gasteiger partial charge in [-0.3, -0.25) is 4.79 Å². The predicted molar refractivity (Wildman–Crippen MR) is 71.3 cm³/mol. The van der Waals surface area contributed by atoms with Crippen molar-refractivity contribution >= 4 is 5.78 Å². The van der Waals surface area contributed by atoms with Crippen LogP contribution in [0.4, 0.5) is 0 Å². The summed E-state index contributed by atoms with van der Waals surface area (Å²) in [6, 6.07) is 10.8. The van der Waals surface area contributed by atoms with Crippen molar-refractivity contribution in [2.75, 3.05) is 0 Å². The number of ketones is 1. The number of hydrogen-bond donors (Lipinski definition) is 0. The van der Waals surface area contributed by atoms with Crippen LogP contribution in [0.3, 0.4) is 0 Å². The smallest absolute Gasteiger partial charge is 0.133 e. The Morgan fingerprint density at radius 1 is 1.17 bits per heavy atom. The van der Waals surface area contributed by atoms with E-state index in [4.69, 9.17) is 0 Å². The summed E-state index contributed by atoms with van der Waals surface area (Å²) in [6.45, 7) is 4.32. The summed E-state index contributed by atoms with van der Waals surface area (Å²) in [4.78, 5) is 11.3. The molecule has 2 nitrogen and oxygen atoms in total.